The van der Waals surface area contributed by atoms with Gasteiger partial charge in [0.15, 0.2) is 0 Å². The zero-order valence-corrected chi connectivity index (χ0v) is 31.9. The molecule has 0 fully saturated rings. The predicted octanol–water partition coefficient (Wildman–Crippen LogP) is 15.6. The molecule has 2 heterocycles. The molecule has 0 aliphatic rings. The van der Waals surface area contributed by atoms with Crippen molar-refractivity contribution in [3.63, 3.8) is 0 Å². The van der Waals surface area contributed by atoms with Crippen LogP contribution in [0.3, 0.4) is 0 Å². The van der Waals surface area contributed by atoms with Crippen molar-refractivity contribution >= 4 is 70.4 Å². The highest BCUT2D eigenvalue weighted by Crippen LogP contribution is 2.42. The Kier molecular flexibility index (Phi) is 8.04. The maximum Gasteiger partial charge on any atom is 0.0541 e. The minimum atomic E-state index is 1.09. The Labute approximate surface area is 335 Å². The van der Waals surface area contributed by atoms with Crippen molar-refractivity contribution in [1.82, 2.24) is 4.57 Å². The van der Waals surface area contributed by atoms with E-state index in [0.29, 0.717) is 0 Å². The van der Waals surface area contributed by atoms with E-state index in [9.17, 15) is 0 Å². The average Bonchev–Trinajstić information content (AvgIpc) is 3.84. The Morgan fingerprint density at radius 1 is 0.333 bits per heavy atom. The lowest BCUT2D eigenvalue weighted by atomic mass is 9.98. The first-order valence-electron chi connectivity index (χ1n) is 19.4. The molecule has 268 valence electrons. The fourth-order valence-corrected chi connectivity index (χ4v) is 9.65. The summed E-state index contributed by atoms with van der Waals surface area (Å²) in [4.78, 5) is 2.37. The van der Waals surface area contributed by atoms with Crippen molar-refractivity contribution in [3.05, 3.63) is 218 Å². The minimum Gasteiger partial charge on any atom is -0.311 e. The maximum absolute atomic E-state index is 2.38. The number of benzene rings is 9. The van der Waals surface area contributed by atoms with Crippen molar-refractivity contribution < 1.29 is 0 Å². The van der Waals surface area contributed by atoms with E-state index in [-0.39, 0.29) is 0 Å². The topological polar surface area (TPSA) is 8.17 Å². The molecular weight excluding hydrogens is 709 g/mol. The van der Waals surface area contributed by atoms with Gasteiger partial charge in [-0.3, -0.25) is 0 Å². The van der Waals surface area contributed by atoms with Crippen molar-refractivity contribution in [1.29, 1.82) is 0 Å². The molecule has 0 radical (unpaired) electrons. The van der Waals surface area contributed by atoms with E-state index in [2.05, 4.69) is 228 Å². The lowest BCUT2D eigenvalue weighted by molar-refractivity contribution is 1.17. The fraction of sp³-hybridized carbons (Fsp3) is 0. The number of fused-ring (bicyclic) bond motifs is 6. The van der Waals surface area contributed by atoms with Crippen LogP contribution in [-0.2, 0) is 0 Å². The van der Waals surface area contributed by atoms with Gasteiger partial charge in [0, 0.05) is 53.7 Å². The van der Waals surface area contributed by atoms with Crippen molar-refractivity contribution in [3.8, 4) is 39.1 Å². The summed E-state index contributed by atoms with van der Waals surface area (Å²) in [5, 5.41) is 5.17. The molecule has 0 aliphatic carbocycles. The third-order valence-corrected chi connectivity index (χ3v) is 12.3. The van der Waals surface area contributed by atoms with Gasteiger partial charge in [-0.05, 0) is 112 Å². The van der Waals surface area contributed by atoms with Gasteiger partial charge in [0.1, 0.15) is 0 Å². The lowest BCUT2D eigenvalue weighted by Gasteiger charge is -2.26. The van der Waals surface area contributed by atoms with Gasteiger partial charge < -0.3 is 9.47 Å². The molecule has 2 aromatic heterocycles. The number of hydrogen-bond acceptors (Lipinski definition) is 2. The maximum atomic E-state index is 2.38. The van der Waals surface area contributed by atoms with Crippen LogP contribution in [0.4, 0.5) is 17.1 Å². The molecule has 0 saturated heterocycles. The summed E-state index contributed by atoms with van der Waals surface area (Å²) in [5.41, 5.74) is 14.1. The van der Waals surface area contributed by atoms with Crippen molar-refractivity contribution in [2.24, 2.45) is 0 Å². The first kappa shape index (κ1) is 33.2. The highest BCUT2D eigenvalue weighted by Gasteiger charge is 2.17. The fourth-order valence-electron chi connectivity index (χ4n) is 8.52. The smallest absolute Gasteiger partial charge is 0.0541 e. The zero-order valence-electron chi connectivity index (χ0n) is 31.1. The molecule has 11 rings (SSSR count). The molecule has 0 amide bonds. The molecular formula is C54H36N2S. The number of anilines is 3. The molecule has 0 bridgehead atoms. The van der Waals surface area contributed by atoms with Crippen LogP contribution in [-0.4, -0.2) is 4.57 Å². The Bertz CT molecular complexity index is 3160. The summed E-state index contributed by atoms with van der Waals surface area (Å²) in [6.45, 7) is 0. The monoisotopic (exact) mass is 744 g/mol. The van der Waals surface area contributed by atoms with Gasteiger partial charge in [-0.15, -0.1) is 11.3 Å². The van der Waals surface area contributed by atoms with Crippen LogP contribution in [0.15, 0.2) is 218 Å². The zero-order chi connectivity index (χ0) is 37.7. The van der Waals surface area contributed by atoms with Crippen LogP contribution >= 0.6 is 11.3 Å². The highest BCUT2D eigenvalue weighted by atomic mass is 32.1. The van der Waals surface area contributed by atoms with Crippen LogP contribution < -0.4 is 4.90 Å². The SMILES string of the molecule is c1ccc(-c2cccc(-c3ccc(N(c4ccc(-c5cccc6sc7ccccc7c56)cc4)c4ccc(-n5c6ccccc6c6ccccc65)cc4)cc3)c2)cc1. The van der Waals surface area contributed by atoms with Gasteiger partial charge in [0.2, 0.25) is 0 Å². The van der Waals surface area contributed by atoms with Gasteiger partial charge in [-0.2, -0.15) is 0 Å². The first-order valence-corrected chi connectivity index (χ1v) is 20.2. The molecule has 0 unspecified atom stereocenters. The number of nitrogens with zero attached hydrogens (tertiary/aromatic N) is 2. The van der Waals surface area contributed by atoms with Crippen molar-refractivity contribution in [2.45, 2.75) is 0 Å². The third kappa shape index (κ3) is 5.80. The average molecular weight is 745 g/mol. The standard InChI is InChI=1S/C54H36N2S/c1-2-12-37(13-3-1)40-14-10-15-41(36-40)38-24-28-42(29-25-38)55(43-30-26-39(27-31-43)46-19-11-23-53-54(46)49-18-6-9-22-52(49)57-53)44-32-34-45(35-33-44)56-50-20-7-4-16-47(50)48-17-5-8-21-51(48)56/h1-36H. The molecule has 11 aromatic rings. The quantitative estimate of drug-likeness (QED) is 0.158. The summed E-state index contributed by atoms with van der Waals surface area (Å²) >= 11 is 1.86. The number of thiophene rings is 1. The van der Waals surface area contributed by atoms with Gasteiger partial charge >= 0.3 is 0 Å². The summed E-state index contributed by atoms with van der Waals surface area (Å²) in [6, 6.07) is 79.3. The van der Waals surface area contributed by atoms with Gasteiger partial charge in [-0.25, -0.2) is 0 Å². The second kappa shape index (κ2) is 13.8. The summed E-state index contributed by atoms with van der Waals surface area (Å²) in [7, 11) is 0. The molecule has 0 saturated carbocycles. The van der Waals surface area contributed by atoms with Crippen LogP contribution in [0, 0.1) is 0 Å². The molecule has 9 aromatic carbocycles. The number of rotatable bonds is 7. The predicted molar refractivity (Wildman–Crippen MR) is 245 cm³/mol. The lowest BCUT2D eigenvalue weighted by Crippen LogP contribution is -2.10. The van der Waals surface area contributed by atoms with Crippen LogP contribution in [0.2, 0.25) is 0 Å². The molecule has 0 spiro atoms. The summed E-state index contributed by atoms with van der Waals surface area (Å²) < 4.78 is 5.01. The van der Waals surface area contributed by atoms with E-state index in [1.807, 2.05) is 11.3 Å². The molecule has 0 N–H and O–H groups in total. The molecule has 0 aliphatic heterocycles. The van der Waals surface area contributed by atoms with Gasteiger partial charge in [0.05, 0.1) is 11.0 Å². The number of hydrogen-bond donors (Lipinski definition) is 0. The van der Waals surface area contributed by atoms with Crippen molar-refractivity contribution in [2.75, 3.05) is 4.90 Å². The second-order valence-corrected chi connectivity index (χ2v) is 15.6. The summed E-state index contributed by atoms with van der Waals surface area (Å²) in [5.74, 6) is 0. The molecule has 2 nitrogen and oxygen atoms in total. The normalized spacial score (nSPS) is 11.5. The first-order chi connectivity index (χ1) is 28.3. The van der Waals surface area contributed by atoms with E-state index in [0.717, 1.165) is 22.7 Å². The van der Waals surface area contributed by atoms with E-state index in [4.69, 9.17) is 0 Å². The number of aromatic nitrogens is 1. The Morgan fingerprint density at radius 3 is 1.46 bits per heavy atom. The van der Waals surface area contributed by atoms with E-state index in [1.54, 1.807) is 0 Å². The molecule has 3 heteroatoms. The highest BCUT2D eigenvalue weighted by molar-refractivity contribution is 7.25. The largest absolute Gasteiger partial charge is 0.311 e. The van der Waals surface area contributed by atoms with Gasteiger partial charge in [0.25, 0.3) is 0 Å². The van der Waals surface area contributed by atoms with E-state index in [1.165, 1.54) is 75.4 Å². The Hall–Kier alpha value is -7.20. The third-order valence-electron chi connectivity index (χ3n) is 11.2. The summed E-state index contributed by atoms with van der Waals surface area (Å²) in [6.07, 6.45) is 0. The second-order valence-electron chi connectivity index (χ2n) is 14.5. The van der Waals surface area contributed by atoms with Crippen LogP contribution in [0.1, 0.15) is 0 Å². The minimum absolute atomic E-state index is 1.09. The Balaban J connectivity index is 1.00. The van der Waals surface area contributed by atoms with E-state index >= 15 is 0 Å². The number of para-hydroxylation sites is 2. The molecule has 0 atom stereocenters. The van der Waals surface area contributed by atoms with Crippen LogP contribution in [0.5, 0.6) is 0 Å². The van der Waals surface area contributed by atoms with Crippen LogP contribution in [0.25, 0.3) is 81.0 Å². The van der Waals surface area contributed by atoms with Gasteiger partial charge in [-0.1, -0.05) is 140 Å². The molecule has 57 heavy (non-hydrogen) atoms. The van der Waals surface area contributed by atoms with E-state index < -0.39 is 0 Å². The Morgan fingerprint density at radius 2 is 0.807 bits per heavy atom.